The van der Waals surface area contributed by atoms with Gasteiger partial charge >= 0.3 is 0 Å². The average Bonchev–Trinajstić information content (AvgIpc) is 3.08. The third kappa shape index (κ3) is 9.73. The Labute approximate surface area is 266 Å². The predicted octanol–water partition coefficient (Wildman–Crippen LogP) is 5.22. The van der Waals surface area contributed by atoms with Crippen LogP contribution in [0.25, 0.3) is 22.2 Å². The van der Waals surface area contributed by atoms with Gasteiger partial charge in [0, 0.05) is 52.5 Å². The van der Waals surface area contributed by atoms with E-state index in [1.54, 1.807) is 36.7 Å². The molecule has 0 saturated carbocycles. The molecule has 5 aromatic rings. The molecule has 5 rings (SSSR count). The van der Waals surface area contributed by atoms with Crippen molar-refractivity contribution in [1.29, 1.82) is 0 Å². The molecular formula is C35H32ClN5O4. The second kappa shape index (κ2) is 17.5. The number of nitrogens with one attached hydrogen (secondary N) is 2. The quantitative estimate of drug-likeness (QED) is 0.0508. The van der Waals surface area contributed by atoms with Crippen LogP contribution >= 0.6 is 11.6 Å². The molecule has 45 heavy (non-hydrogen) atoms. The van der Waals surface area contributed by atoms with E-state index in [0.717, 1.165) is 23.1 Å². The Hall–Kier alpha value is -5.56. The van der Waals surface area contributed by atoms with Crippen molar-refractivity contribution < 1.29 is 19.5 Å². The zero-order valence-electron chi connectivity index (χ0n) is 24.7. The Morgan fingerprint density at radius 3 is 2.13 bits per heavy atom. The molecule has 0 radical (unpaired) electrons. The topological polar surface area (TPSA) is 147 Å². The van der Waals surface area contributed by atoms with Gasteiger partial charge in [0.15, 0.2) is 0 Å². The first-order valence-corrected chi connectivity index (χ1v) is 14.5. The highest BCUT2D eigenvalue weighted by Gasteiger charge is 2.13. The molecule has 5 N–H and O–H groups in total. The van der Waals surface area contributed by atoms with Gasteiger partial charge in [-0.3, -0.25) is 24.8 Å². The number of nitrogens with two attached hydrogens (primary N) is 1. The van der Waals surface area contributed by atoms with E-state index in [4.69, 9.17) is 15.7 Å². The van der Waals surface area contributed by atoms with Crippen molar-refractivity contribution in [2.75, 3.05) is 6.38 Å². The smallest absolute Gasteiger partial charge is 0.290 e. The Kier molecular flexibility index (Phi) is 13.2. The Morgan fingerprint density at radius 2 is 1.53 bits per heavy atom. The van der Waals surface area contributed by atoms with Gasteiger partial charge in [-0.1, -0.05) is 54.3 Å². The lowest BCUT2D eigenvalue weighted by molar-refractivity contribution is -0.122. The molecule has 228 valence electrons. The summed E-state index contributed by atoms with van der Waals surface area (Å²) in [4.78, 5) is 42.1. The first kappa shape index (κ1) is 33.9. The fourth-order valence-electron chi connectivity index (χ4n) is 4.38. The van der Waals surface area contributed by atoms with Crippen molar-refractivity contribution in [3.05, 3.63) is 131 Å². The molecule has 2 aromatic heterocycles. The molecule has 1 atom stereocenters. The molecule has 9 nitrogen and oxygen atoms in total. The van der Waals surface area contributed by atoms with Crippen molar-refractivity contribution >= 4 is 40.8 Å². The van der Waals surface area contributed by atoms with Gasteiger partial charge in [-0.05, 0) is 67.4 Å². The first-order chi connectivity index (χ1) is 21.9. The van der Waals surface area contributed by atoms with Crippen LogP contribution in [0.4, 0.5) is 0 Å². The summed E-state index contributed by atoms with van der Waals surface area (Å²) in [5, 5.41) is 10.6. The van der Waals surface area contributed by atoms with Crippen LogP contribution in [0.5, 0.6) is 0 Å². The van der Waals surface area contributed by atoms with Crippen LogP contribution in [0.1, 0.15) is 44.3 Å². The normalized spacial score (nSPS) is 10.4. The van der Waals surface area contributed by atoms with Crippen molar-refractivity contribution in [3.63, 3.8) is 0 Å². The van der Waals surface area contributed by atoms with E-state index in [1.165, 1.54) is 11.9 Å². The number of amides is 2. The number of pyridine rings is 2. The van der Waals surface area contributed by atoms with Crippen LogP contribution in [0, 0.1) is 11.8 Å². The van der Waals surface area contributed by atoms with E-state index >= 15 is 0 Å². The number of fused-ring (bicyclic) bond motifs is 1. The largest absolute Gasteiger partial charge is 0.483 e. The molecule has 3 aromatic carbocycles. The van der Waals surface area contributed by atoms with Crippen LogP contribution < -0.4 is 16.6 Å². The molecular weight excluding hydrogens is 590 g/mol. The van der Waals surface area contributed by atoms with Crippen LogP contribution in [0.2, 0.25) is 0 Å². The Morgan fingerprint density at radius 1 is 0.933 bits per heavy atom. The van der Waals surface area contributed by atoms with E-state index in [1.807, 2.05) is 61.5 Å². The van der Waals surface area contributed by atoms with E-state index in [0.29, 0.717) is 27.7 Å². The lowest BCUT2D eigenvalue weighted by Crippen LogP contribution is -2.34. The fourth-order valence-corrected chi connectivity index (χ4v) is 4.38. The van der Waals surface area contributed by atoms with E-state index < -0.39 is 5.91 Å². The monoisotopic (exact) mass is 621 g/mol. The number of nitrogens with zero attached hydrogens (tertiary/aromatic N) is 2. The number of nitrogen functional groups attached to an aromatic ring is 1. The van der Waals surface area contributed by atoms with Gasteiger partial charge < -0.3 is 10.4 Å². The molecule has 1 unspecified atom stereocenters. The summed E-state index contributed by atoms with van der Waals surface area (Å²) in [7, 11) is 0. The average molecular weight is 622 g/mol. The number of carboxylic acid groups (broad SMARTS) is 1. The summed E-state index contributed by atoms with van der Waals surface area (Å²) < 4.78 is 0. The summed E-state index contributed by atoms with van der Waals surface area (Å²) in [6.07, 6.45) is 5.47. The zero-order chi connectivity index (χ0) is 32.6. The van der Waals surface area contributed by atoms with Crippen LogP contribution in [-0.4, -0.2) is 45.8 Å². The van der Waals surface area contributed by atoms with E-state index in [2.05, 4.69) is 56.3 Å². The van der Waals surface area contributed by atoms with Crippen LogP contribution in [-0.2, 0) is 11.2 Å². The van der Waals surface area contributed by atoms with Gasteiger partial charge in [0.25, 0.3) is 18.3 Å². The van der Waals surface area contributed by atoms with Gasteiger partial charge in [-0.25, -0.2) is 10.8 Å². The third-order valence-electron chi connectivity index (χ3n) is 6.43. The second-order valence-electron chi connectivity index (χ2n) is 9.50. The van der Waals surface area contributed by atoms with E-state index in [-0.39, 0.29) is 18.4 Å². The minimum atomic E-state index is -0.408. The third-order valence-corrected chi connectivity index (χ3v) is 6.43. The highest BCUT2D eigenvalue weighted by molar-refractivity contribution is 6.15. The number of rotatable bonds is 6. The molecule has 0 bridgehead atoms. The molecule has 0 aliphatic heterocycles. The molecule has 10 heteroatoms. The number of aromatic nitrogens is 2. The standard InChI is InChI=1S/C33H27N5O2.CH3Cl.CH2O2/c1-22(19-25-5-3-2-4-6-25)36-32(39)27-15-11-24(12-16-27)8-7-23-9-13-26(14-10-23)31-20-28(33(40)38-34)29-21-35-18-17-30(29)37-31;1-2;2-1-3/h2-6,9-18,20-22H,19,34H2,1H3,(H,36,39)(H,38,40);1H3;1H,(H,2,3). The maximum atomic E-state index is 12.6. The summed E-state index contributed by atoms with van der Waals surface area (Å²) in [5.74, 6) is 11.2. The van der Waals surface area contributed by atoms with E-state index in [9.17, 15) is 9.59 Å². The maximum absolute atomic E-state index is 12.6. The fraction of sp³-hybridized carbons (Fsp3) is 0.114. The SMILES string of the molecule is CC(Cc1ccccc1)NC(=O)c1ccc(C#Cc2ccc(-c3cc(C(=O)NN)c4cnccc4n3)cc2)cc1.CCl.O=CO. The number of alkyl halides is 1. The number of carbonyl (C=O) groups is 3. The number of hydrogen-bond acceptors (Lipinski definition) is 6. The van der Waals surface area contributed by atoms with Crippen molar-refractivity contribution in [2.45, 2.75) is 19.4 Å². The summed E-state index contributed by atoms with van der Waals surface area (Å²) >= 11 is 4.64. The Bertz CT molecular complexity index is 1790. The number of carbonyl (C=O) groups excluding carboxylic acids is 2. The number of benzene rings is 3. The Balaban J connectivity index is 0.00000104. The van der Waals surface area contributed by atoms with Crippen LogP contribution in [0.3, 0.4) is 0 Å². The van der Waals surface area contributed by atoms with Crippen molar-refractivity contribution in [2.24, 2.45) is 5.84 Å². The summed E-state index contributed by atoms with van der Waals surface area (Å²) in [6, 6.07) is 28.4. The second-order valence-corrected chi connectivity index (χ2v) is 9.50. The molecule has 2 heterocycles. The molecule has 0 aliphatic carbocycles. The summed E-state index contributed by atoms with van der Waals surface area (Å²) in [6.45, 7) is 1.75. The van der Waals surface area contributed by atoms with Gasteiger partial charge in [0.05, 0.1) is 16.8 Å². The lowest BCUT2D eigenvalue weighted by Gasteiger charge is -2.14. The number of hydrazine groups is 1. The molecule has 0 saturated heterocycles. The minimum Gasteiger partial charge on any atom is -0.483 e. The maximum Gasteiger partial charge on any atom is 0.290 e. The van der Waals surface area contributed by atoms with Gasteiger partial charge in [-0.2, -0.15) is 0 Å². The first-order valence-electron chi connectivity index (χ1n) is 13.7. The molecule has 0 aliphatic rings. The molecule has 2 amide bonds. The van der Waals surface area contributed by atoms with Gasteiger partial charge in [0.1, 0.15) is 0 Å². The van der Waals surface area contributed by atoms with Gasteiger partial charge in [-0.15, -0.1) is 11.6 Å². The van der Waals surface area contributed by atoms with Crippen molar-refractivity contribution in [3.8, 4) is 23.1 Å². The molecule has 0 spiro atoms. The number of halogens is 1. The zero-order valence-corrected chi connectivity index (χ0v) is 25.5. The van der Waals surface area contributed by atoms with Crippen molar-refractivity contribution in [1.82, 2.24) is 20.7 Å². The highest BCUT2D eigenvalue weighted by atomic mass is 35.5. The molecule has 0 fully saturated rings. The van der Waals surface area contributed by atoms with Gasteiger partial charge in [0.2, 0.25) is 0 Å². The summed E-state index contributed by atoms with van der Waals surface area (Å²) in [5.41, 5.74) is 8.13. The minimum absolute atomic E-state index is 0.0172. The number of hydrogen-bond donors (Lipinski definition) is 4. The van der Waals surface area contributed by atoms with Crippen LogP contribution in [0.15, 0.2) is 103 Å². The lowest BCUT2D eigenvalue weighted by atomic mass is 10.0. The highest BCUT2D eigenvalue weighted by Crippen LogP contribution is 2.24. The predicted molar refractivity (Wildman–Crippen MR) is 177 cm³/mol.